The lowest BCUT2D eigenvalue weighted by molar-refractivity contribution is -0.120. The molecule has 0 fully saturated rings. The lowest BCUT2D eigenvalue weighted by Crippen LogP contribution is -2.43. The Morgan fingerprint density at radius 2 is 2.15 bits per heavy atom. The summed E-state index contributed by atoms with van der Waals surface area (Å²) in [6, 6.07) is 7.28. The molecule has 0 bridgehead atoms. The van der Waals surface area contributed by atoms with Crippen LogP contribution in [-0.4, -0.2) is 53.3 Å². The molecule has 1 aromatic heterocycles. The summed E-state index contributed by atoms with van der Waals surface area (Å²) in [6.45, 7) is 2.05. The first kappa shape index (κ1) is 18.4. The molecule has 1 aliphatic heterocycles. The summed E-state index contributed by atoms with van der Waals surface area (Å²) in [7, 11) is 3.90. The summed E-state index contributed by atoms with van der Waals surface area (Å²) in [5.74, 6) is 0.257. The number of thioether (sulfide) groups is 1. The molecule has 1 N–H and O–H groups in total. The van der Waals surface area contributed by atoms with Gasteiger partial charge >= 0.3 is 0 Å². The van der Waals surface area contributed by atoms with E-state index in [1.165, 1.54) is 16.7 Å². The van der Waals surface area contributed by atoms with Crippen LogP contribution in [0.4, 0.5) is 11.4 Å². The summed E-state index contributed by atoms with van der Waals surface area (Å²) in [5, 5.41) is 11.2. The molecule has 0 aliphatic carbocycles. The van der Waals surface area contributed by atoms with E-state index in [1.807, 2.05) is 44.1 Å². The maximum atomic E-state index is 12.6. The molecule has 8 nitrogen and oxygen atoms in total. The second kappa shape index (κ2) is 7.88. The zero-order valence-electron chi connectivity index (χ0n) is 14.9. The molecule has 0 spiro atoms. The molecule has 2 amide bonds. The fourth-order valence-corrected chi connectivity index (χ4v) is 3.48. The molecule has 0 unspecified atom stereocenters. The minimum absolute atomic E-state index is 0.00400. The average Bonchev–Trinajstić information content (AvgIpc) is 3.07. The first-order valence-electron chi connectivity index (χ1n) is 8.31. The van der Waals surface area contributed by atoms with Crippen molar-refractivity contribution in [1.29, 1.82) is 0 Å². The highest BCUT2D eigenvalue weighted by atomic mass is 32.2. The van der Waals surface area contributed by atoms with Crippen molar-refractivity contribution in [3.63, 3.8) is 0 Å². The van der Waals surface area contributed by atoms with Crippen molar-refractivity contribution in [3.8, 4) is 0 Å². The number of carbonyl (C=O) groups is 2. The standard InChI is InChI=1S/C17H21N5O3S/c1-4-12(21(2)3)16-19-20-17(25-16)26-10-15(24)22-9-14(23)18-11-7-5-6-8-13(11)22/h5-8,12H,4,9-10H2,1-3H3,(H,18,23)/t12-/m0/s1. The van der Waals surface area contributed by atoms with Gasteiger partial charge < -0.3 is 14.6 Å². The van der Waals surface area contributed by atoms with Gasteiger partial charge in [-0.3, -0.25) is 14.5 Å². The number of nitrogens with zero attached hydrogens (tertiary/aromatic N) is 4. The fourth-order valence-electron chi connectivity index (χ4n) is 2.83. The number of amides is 2. The van der Waals surface area contributed by atoms with E-state index in [1.54, 1.807) is 6.07 Å². The van der Waals surface area contributed by atoms with E-state index in [0.717, 1.165) is 6.42 Å². The third-order valence-corrected chi connectivity index (χ3v) is 4.91. The lowest BCUT2D eigenvalue weighted by Gasteiger charge is -2.28. The monoisotopic (exact) mass is 375 g/mol. The van der Waals surface area contributed by atoms with E-state index in [-0.39, 0.29) is 30.2 Å². The van der Waals surface area contributed by atoms with Gasteiger partial charge in [0.15, 0.2) is 0 Å². The molecule has 2 aromatic rings. The number of aromatic nitrogens is 2. The Kier molecular flexibility index (Phi) is 5.58. The van der Waals surface area contributed by atoms with Gasteiger partial charge in [0, 0.05) is 0 Å². The second-order valence-electron chi connectivity index (χ2n) is 6.13. The Labute approximate surface area is 155 Å². The molecule has 0 saturated carbocycles. The molecule has 3 rings (SSSR count). The molecular formula is C17H21N5O3S. The van der Waals surface area contributed by atoms with Crippen molar-refractivity contribution >= 4 is 35.0 Å². The highest BCUT2D eigenvalue weighted by molar-refractivity contribution is 7.99. The Hall–Kier alpha value is -2.39. The topological polar surface area (TPSA) is 91.6 Å². The summed E-state index contributed by atoms with van der Waals surface area (Å²) >= 11 is 1.18. The largest absolute Gasteiger partial charge is 0.414 e. The van der Waals surface area contributed by atoms with Crippen molar-refractivity contribution in [2.45, 2.75) is 24.6 Å². The molecule has 26 heavy (non-hydrogen) atoms. The van der Waals surface area contributed by atoms with E-state index in [2.05, 4.69) is 15.5 Å². The van der Waals surface area contributed by atoms with Crippen molar-refractivity contribution in [1.82, 2.24) is 15.1 Å². The zero-order valence-corrected chi connectivity index (χ0v) is 15.7. The van der Waals surface area contributed by atoms with E-state index in [4.69, 9.17) is 4.42 Å². The van der Waals surface area contributed by atoms with Gasteiger partial charge in [-0.05, 0) is 32.6 Å². The van der Waals surface area contributed by atoms with Crippen LogP contribution < -0.4 is 10.2 Å². The number of benzene rings is 1. The number of anilines is 2. The normalized spacial score (nSPS) is 14.9. The Balaban J connectivity index is 1.67. The molecule has 9 heteroatoms. The minimum Gasteiger partial charge on any atom is -0.414 e. The first-order valence-corrected chi connectivity index (χ1v) is 9.30. The number of para-hydroxylation sites is 2. The molecule has 2 heterocycles. The van der Waals surface area contributed by atoms with Crippen molar-refractivity contribution in [2.75, 3.05) is 36.6 Å². The fraction of sp³-hybridized carbons (Fsp3) is 0.412. The quantitative estimate of drug-likeness (QED) is 0.774. The van der Waals surface area contributed by atoms with Gasteiger partial charge in [-0.25, -0.2) is 0 Å². The smallest absolute Gasteiger partial charge is 0.277 e. The molecule has 0 saturated heterocycles. The van der Waals surface area contributed by atoms with Gasteiger partial charge in [0.2, 0.25) is 17.7 Å². The molecule has 138 valence electrons. The second-order valence-corrected chi connectivity index (χ2v) is 7.05. The van der Waals surface area contributed by atoms with Gasteiger partial charge in [0.05, 0.1) is 23.2 Å². The van der Waals surface area contributed by atoms with Crippen LogP contribution in [0.15, 0.2) is 33.9 Å². The van der Waals surface area contributed by atoms with Crippen molar-refractivity contribution in [3.05, 3.63) is 30.2 Å². The van der Waals surface area contributed by atoms with Crippen LogP contribution in [0.3, 0.4) is 0 Å². The van der Waals surface area contributed by atoms with E-state index >= 15 is 0 Å². The molecular weight excluding hydrogens is 354 g/mol. The van der Waals surface area contributed by atoms with Gasteiger partial charge in [-0.15, -0.1) is 10.2 Å². The summed E-state index contributed by atoms with van der Waals surface area (Å²) in [5.41, 5.74) is 1.33. The third kappa shape index (κ3) is 3.88. The van der Waals surface area contributed by atoms with Crippen LogP contribution in [0.2, 0.25) is 0 Å². The van der Waals surface area contributed by atoms with Crippen LogP contribution in [0, 0.1) is 0 Å². The number of nitrogens with one attached hydrogen (secondary N) is 1. The number of hydrogen-bond acceptors (Lipinski definition) is 7. The van der Waals surface area contributed by atoms with E-state index in [9.17, 15) is 9.59 Å². The van der Waals surface area contributed by atoms with Gasteiger partial charge in [0.1, 0.15) is 6.54 Å². The van der Waals surface area contributed by atoms with Gasteiger partial charge in [-0.1, -0.05) is 30.8 Å². The molecule has 1 aliphatic rings. The third-order valence-electron chi connectivity index (χ3n) is 4.11. The van der Waals surface area contributed by atoms with E-state index in [0.29, 0.717) is 22.5 Å². The summed E-state index contributed by atoms with van der Waals surface area (Å²) in [6.07, 6.45) is 0.845. The Morgan fingerprint density at radius 1 is 1.38 bits per heavy atom. The number of rotatable bonds is 6. The Morgan fingerprint density at radius 3 is 2.88 bits per heavy atom. The summed E-state index contributed by atoms with van der Waals surface area (Å²) in [4.78, 5) is 27.9. The van der Waals surface area contributed by atoms with Crippen molar-refractivity contribution < 1.29 is 14.0 Å². The zero-order chi connectivity index (χ0) is 18.7. The highest BCUT2D eigenvalue weighted by Crippen LogP contribution is 2.30. The number of fused-ring (bicyclic) bond motifs is 1. The van der Waals surface area contributed by atoms with Crippen LogP contribution in [0.1, 0.15) is 25.3 Å². The SMILES string of the molecule is CC[C@@H](c1nnc(SCC(=O)N2CC(=O)Nc3ccccc32)o1)N(C)C. The van der Waals surface area contributed by atoms with Gasteiger partial charge in [0.25, 0.3) is 5.22 Å². The molecule has 0 radical (unpaired) electrons. The lowest BCUT2D eigenvalue weighted by atomic mass is 10.2. The van der Waals surface area contributed by atoms with Crippen LogP contribution in [-0.2, 0) is 9.59 Å². The molecule has 1 atom stereocenters. The van der Waals surface area contributed by atoms with Crippen molar-refractivity contribution in [2.24, 2.45) is 0 Å². The summed E-state index contributed by atoms with van der Waals surface area (Å²) < 4.78 is 5.68. The van der Waals surface area contributed by atoms with Crippen LogP contribution in [0.25, 0.3) is 0 Å². The predicted octanol–water partition coefficient (Wildman–Crippen LogP) is 2.16. The van der Waals surface area contributed by atoms with E-state index < -0.39 is 0 Å². The number of carbonyl (C=O) groups excluding carboxylic acids is 2. The first-order chi connectivity index (χ1) is 12.5. The predicted molar refractivity (Wildman–Crippen MR) is 99.2 cm³/mol. The van der Waals surface area contributed by atoms with Crippen LogP contribution >= 0.6 is 11.8 Å². The maximum absolute atomic E-state index is 12.6. The average molecular weight is 375 g/mol. The maximum Gasteiger partial charge on any atom is 0.277 e. The van der Waals surface area contributed by atoms with Gasteiger partial charge in [-0.2, -0.15) is 0 Å². The highest BCUT2D eigenvalue weighted by Gasteiger charge is 2.27. The molecule has 1 aromatic carbocycles. The van der Waals surface area contributed by atoms with Crippen LogP contribution in [0.5, 0.6) is 0 Å². The minimum atomic E-state index is -0.209. The number of hydrogen-bond donors (Lipinski definition) is 1. The Bertz CT molecular complexity index is 807.